The molecule has 9 heteroatoms. The van der Waals surface area contributed by atoms with Crippen LogP contribution in [0, 0.1) is 6.92 Å². The van der Waals surface area contributed by atoms with Gasteiger partial charge in [0.25, 0.3) is 0 Å². The summed E-state index contributed by atoms with van der Waals surface area (Å²) in [4.78, 5) is 18.7. The Morgan fingerprint density at radius 1 is 0.882 bits per heavy atom. The fourth-order valence-electron chi connectivity index (χ4n) is 4.42. The van der Waals surface area contributed by atoms with Crippen LogP contribution >= 0.6 is 15.9 Å². The number of benzene rings is 1. The molecule has 0 spiro atoms. The third kappa shape index (κ3) is 5.41. The average Bonchev–Trinajstić information content (AvgIpc) is 3.33. The van der Waals surface area contributed by atoms with Crippen LogP contribution in [0.2, 0.25) is 0 Å². The lowest BCUT2D eigenvalue weighted by atomic mass is 10.1. The number of hydrogen-bond donors (Lipinski definition) is 1. The van der Waals surface area contributed by atoms with E-state index in [2.05, 4.69) is 65.3 Å². The van der Waals surface area contributed by atoms with Crippen molar-refractivity contribution in [1.82, 2.24) is 15.0 Å². The zero-order valence-electron chi connectivity index (χ0n) is 19.5. The highest BCUT2D eigenvalue weighted by Crippen LogP contribution is 2.30. The van der Waals surface area contributed by atoms with E-state index < -0.39 is 0 Å². The molecule has 8 nitrogen and oxygen atoms in total. The number of anilines is 3. The van der Waals surface area contributed by atoms with Gasteiger partial charge in [0.1, 0.15) is 11.5 Å². The molecule has 2 fully saturated rings. The lowest BCUT2D eigenvalue weighted by Gasteiger charge is -2.30. The molecule has 3 aromatic rings. The Kier molecular flexibility index (Phi) is 7.08. The van der Waals surface area contributed by atoms with Gasteiger partial charge in [0.05, 0.1) is 6.21 Å². The monoisotopic (exact) mass is 523 g/mol. The van der Waals surface area contributed by atoms with Crippen LogP contribution in [0.5, 0.6) is 0 Å². The molecule has 2 aliphatic heterocycles. The van der Waals surface area contributed by atoms with Crippen molar-refractivity contribution in [3.8, 4) is 11.3 Å². The van der Waals surface area contributed by atoms with Gasteiger partial charge >= 0.3 is 0 Å². The summed E-state index contributed by atoms with van der Waals surface area (Å²) in [6.45, 7) is 5.99. The molecule has 2 aliphatic rings. The van der Waals surface area contributed by atoms with E-state index >= 15 is 0 Å². The first kappa shape index (κ1) is 22.8. The second-order valence-corrected chi connectivity index (χ2v) is 9.76. The summed E-state index contributed by atoms with van der Waals surface area (Å²) in [6.07, 6.45) is 8.86. The molecule has 1 aromatic carbocycles. The van der Waals surface area contributed by atoms with E-state index in [1.54, 1.807) is 6.21 Å². The fourth-order valence-corrected chi connectivity index (χ4v) is 5.10. The smallest absolute Gasteiger partial charge is 0.250 e. The molecular formula is C25H30BrN7O. The normalized spacial score (nSPS) is 16.9. The van der Waals surface area contributed by atoms with Crippen LogP contribution in [0.15, 0.2) is 44.3 Å². The van der Waals surface area contributed by atoms with E-state index in [1.807, 2.05) is 18.2 Å². The molecule has 0 atom stereocenters. The molecule has 0 saturated carbocycles. The Hall–Kier alpha value is -2.94. The number of furan rings is 1. The van der Waals surface area contributed by atoms with Gasteiger partial charge in [-0.15, -0.1) is 0 Å². The molecule has 0 unspecified atom stereocenters. The van der Waals surface area contributed by atoms with Crippen LogP contribution in [0.4, 0.5) is 17.8 Å². The van der Waals surface area contributed by atoms with Crippen molar-refractivity contribution in [2.45, 2.75) is 45.4 Å². The van der Waals surface area contributed by atoms with Gasteiger partial charge in [-0.2, -0.15) is 20.1 Å². The topological polar surface area (TPSA) is 82.7 Å². The number of halogens is 1. The van der Waals surface area contributed by atoms with Crippen LogP contribution in [-0.4, -0.2) is 47.3 Å². The molecule has 1 N–H and O–H groups in total. The van der Waals surface area contributed by atoms with E-state index in [1.165, 1.54) is 44.1 Å². The fraction of sp³-hybridized carbons (Fsp3) is 0.440. The van der Waals surface area contributed by atoms with Crippen molar-refractivity contribution >= 4 is 40.0 Å². The maximum Gasteiger partial charge on any atom is 0.250 e. The zero-order chi connectivity index (χ0) is 23.3. The Morgan fingerprint density at radius 3 is 2.15 bits per heavy atom. The first-order chi connectivity index (χ1) is 16.7. The second-order valence-electron chi connectivity index (χ2n) is 8.91. The van der Waals surface area contributed by atoms with Gasteiger partial charge in [0.2, 0.25) is 17.8 Å². The molecule has 2 saturated heterocycles. The Morgan fingerprint density at radius 2 is 1.53 bits per heavy atom. The van der Waals surface area contributed by atoms with Gasteiger partial charge < -0.3 is 14.2 Å². The van der Waals surface area contributed by atoms with Gasteiger partial charge in [0.15, 0.2) is 0 Å². The standard InChI is InChI=1S/C25H30BrN7O/c1-18-8-10-20(21(26)16-18)22-11-9-19(34-22)17-27-31-23-28-24(32-12-4-2-5-13-32)30-25(29-23)33-14-6-3-7-15-33/h8-11,16-17H,2-7,12-15H2,1H3,(H,28,29,30,31)/b27-17-. The third-order valence-corrected chi connectivity index (χ3v) is 6.92. The van der Waals surface area contributed by atoms with Crippen LogP contribution in [0.1, 0.15) is 49.8 Å². The lowest BCUT2D eigenvalue weighted by molar-refractivity contribution is 0.556. The van der Waals surface area contributed by atoms with E-state index in [4.69, 9.17) is 9.40 Å². The zero-order valence-corrected chi connectivity index (χ0v) is 21.1. The summed E-state index contributed by atoms with van der Waals surface area (Å²) in [6, 6.07) is 10.0. The van der Waals surface area contributed by atoms with Gasteiger partial charge in [-0.25, -0.2) is 5.43 Å². The van der Waals surface area contributed by atoms with Gasteiger partial charge in [0, 0.05) is 36.2 Å². The summed E-state index contributed by atoms with van der Waals surface area (Å²) >= 11 is 3.62. The highest BCUT2D eigenvalue weighted by molar-refractivity contribution is 9.10. The number of rotatable bonds is 6. The molecule has 34 heavy (non-hydrogen) atoms. The number of aryl methyl sites for hydroxylation is 1. The minimum Gasteiger partial charge on any atom is -0.455 e. The van der Waals surface area contributed by atoms with Crippen LogP contribution in [0.25, 0.3) is 11.3 Å². The maximum atomic E-state index is 5.98. The predicted octanol–water partition coefficient (Wildman–Crippen LogP) is 5.63. The van der Waals surface area contributed by atoms with Crippen LogP contribution in [-0.2, 0) is 0 Å². The summed E-state index contributed by atoms with van der Waals surface area (Å²) in [7, 11) is 0. The van der Waals surface area contributed by atoms with Crippen molar-refractivity contribution in [3.63, 3.8) is 0 Å². The van der Waals surface area contributed by atoms with E-state index in [0.29, 0.717) is 11.7 Å². The number of nitrogens with zero attached hydrogens (tertiary/aromatic N) is 6. The summed E-state index contributed by atoms with van der Waals surface area (Å²) in [5.74, 6) is 3.36. The van der Waals surface area contributed by atoms with Crippen molar-refractivity contribution in [2.24, 2.45) is 5.10 Å². The predicted molar refractivity (Wildman–Crippen MR) is 140 cm³/mol. The van der Waals surface area contributed by atoms with Crippen molar-refractivity contribution < 1.29 is 4.42 Å². The quantitative estimate of drug-likeness (QED) is 0.331. The van der Waals surface area contributed by atoms with E-state index in [0.717, 1.165) is 53.9 Å². The molecule has 0 bridgehead atoms. The number of piperidine rings is 2. The molecule has 5 rings (SSSR count). The van der Waals surface area contributed by atoms with E-state index in [9.17, 15) is 0 Å². The number of nitrogens with one attached hydrogen (secondary N) is 1. The molecular weight excluding hydrogens is 494 g/mol. The first-order valence-electron chi connectivity index (χ1n) is 12.1. The highest BCUT2D eigenvalue weighted by Gasteiger charge is 2.20. The molecule has 0 amide bonds. The van der Waals surface area contributed by atoms with Crippen molar-refractivity contribution in [2.75, 3.05) is 41.4 Å². The Balaban J connectivity index is 1.33. The molecule has 178 valence electrons. The molecule has 4 heterocycles. The second kappa shape index (κ2) is 10.5. The minimum atomic E-state index is 0.459. The number of hydrazone groups is 1. The average molecular weight is 524 g/mol. The Bertz CT molecular complexity index is 1110. The summed E-state index contributed by atoms with van der Waals surface area (Å²) < 4.78 is 6.98. The van der Waals surface area contributed by atoms with Crippen molar-refractivity contribution in [3.05, 3.63) is 46.1 Å². The Labute approximate surface area is 208 Å². The lowest BCUT2D eigenvalue weighted by Crippen LogP contribution is -2.34. The maximum absolute atomic E-state index is 5.98. The van der Waals surface area contributed by atoms with E-state index in [-0.39, 0.29) is 0 Å². The largest absolute Gasteiger partial charge is 0.455 e. The first-order valence-corrected chi connectivity index (χ1v) is 12.9. The van der Waals surface area contributed by atoms with Crippen LogP contribution < -0.4 is 15.2 Å². The SMILES string of the molecule is Cc1ccc(-c2ccc(/C=N\Nc3nc(N4CCCCC4)nc(N4CCCCC4)n3)o2)c(Br)c1. The molecule has 0 radical (unpaired) electrons. The minimum absolute atomic E-state index is 0.459. The van der Waals surface area contributed by atoms with Gasteiger partial charge in [-0.3, -0.25) is 0 Å². The number of aromatic nitrogens is 3. The highest BCUT2D eigenvalue weighted by atomic mass is 79.9. The number of hydrogen-bond acceptors (Lipinski definition) is 8. The van der Waals surface area contributed by atoms with Crippen LogP contribution in [0.3, 0.4) is 0 Å². The summed E-state index contributed by atoms with van der Waals surface area (Å²) in [5.41, 5.74) is 5.20. The van der Waals surface area contributed by atoms with Crippen molar-refractivity contribution in [1.29, 1.82) is 0 Å². The third-order valence-electron chi connectivity index (χ3n) is 6.26. The van der Waals surface area contributed by atoms with Gasteiger partial charge in [-0.05, 0) is 75.3 Å². The molecule has 2 aromatic heterocycles. The van der Waals surface area contributed by atoms with Gasteiger partial charge in [-0.1, -0.05) is 22.0 Å². The summed E-state index contributed by atoms with van der Waals surface area (Å²) in [5, 5.41) is 4.36. The molecule has 0 aliphatic carbocycles.